The van der Waals surface area contributed by atoms with Gasteiger partial charge < -0.3 is 14.6 Å². The summed E-state index contributed by atoms with van der Waals surface area (Å²) in [6.07, 6.45) is 3.16. The van der Waals surface area contributed by atoms with Crippen LogP contribution in [0.4, 0.5) is 0 Å². The third-order valence-electron chi connectivity index (χ3n) is 4.94. The lowest BCUT2D eigenvalue weighted by Gasteiger charge is -2.11. The molecule has 0 atom stereocenters. The van der Waals surface area contributed by atoms with Crippen molar-refractivity contribution >= 4 is 16.9 Å². The Labute approximate surface area is 173 Å². The molecule has 3 aromatic rings. The molecule has 0 saturated carbocycles. The number of nitrogens with one attached hydrogen (secondary N) is 1. The molecule has 2 aromatic carbocycles. The van der Waals surface area contributed by atoms with Crippen molar-refractivity contribution in [2.24, 2.45) is 0 Å². The van der Waals surface area contributed by atoms with Gasteiger partial charge in [-0.15, -0.1) is 0 Å². The van der Waals surface area contributed by atoms with Gasteiger partial charge in [-0.3, -0.25) is 4.79 Å². The van der Waals surface area contributed by atoms with E-state index in [2.05, 4.69) is 60.1 Å². The van der Waals surface area contributed by atoms with Gasteiger partial charge in [0.15, 0.2) is 0 Å². The van der Waals surface area contributed by atoms with Gasteiger partial charge in [0, 0.05) is 25.9 Å². The largest absolute Gasteiger partial charge is 0.494 e. The Morgan fingerprint density at radius 2 is 1.86 bits per heavy atom. The van der Waals surface area contributed by atoms with Gasteiger partial charge in [0.05, 0.1) is 17.6 Å². The lowest BCUT2D eigenvalue weighted by Crippen LogP contribution is -2.23. The quantitative estimate of drug-likeness (QED) is 0.513. The number of hydrogen-bond acceptors (Lipinski definition) is 3. The zero-order valence-corrected chi connectivity index (χ0v) is 17.7. The summed E-state index contributed by atoms with van der Waals surface area (Å²) in [6.45, 7) is 8.27. The molecule has 3 rings (SSSR count). The van der Waals surface area contributed by atoms with E-state index in [1.165, 1.54) is 11.1 Å². The minimum absolute atomic E-state index is 0.0991. The number of aryl methyl sites for hydroxylation is 4. The summed E-state index contributed by atoms with van der Waals surface area (Å²) in [5.74, 6) is 2.11. The summed E-state index contributed by atoms with van der Waals surface area (Å²) in [7, 11) is 0. The fourth-order valence-corrected chi connectivity index (χ4v) is 3.59. The SMILES string of the molecule is CCC(=O)NCCCc1nc2ccccc2n1CCCOc1cc(C)cc(C)c1. The van der Waals surface area contributed by atoms with E-state index in [0.717, 1.165) is 48.4 Å². The predicted octanol–water partition coefficient (Wildman–Crippen LogP) is 4.58. The molecule has 5 heteroatoms. The van der Waals surface area contributed by atoms with Crippen LogP contribution in [0.2, 0.25) is 0 Å². The van der Waals surface area contributed by atoms with E-state index >= 15 is 0 Å². The average molecular weight is 394 g/mol. The fraction of sp³-hybridized carbons (Fsp3) is 0.417. The Kier molecular flexibility index (Phi) is 7.28. The summed E-state index contributed by atoms with van der Waals surface area (Å²) < 4.78 is 8.27. The van der Waals surface area contributed by atoms with Crippen LogP contribution < -0.4 is 10.1 Å². The molecule has 0 aliphatic carbocycles. The third-order valence-corrected chi connectivity index (χ3v) is 4.94. The van der Waals surface area contributed by atoms with Crippen molar-refractivity contribution in [3.05, 3.63) is 59.4 Å². The van der Waals surface area contributed by atoms with Crippen molar-refractivity contribution < 1.29 is 9.53 Å². The number of amides is 1. The highest BCUT2D eigenvalue weighted by Gasteiger charge is 2.10. The van der Waals surface area contributed by atoms with Gasteiger partial charge in [-0.2, -0.15) is 0 Å². The van der Waals surface area contributed by atoms with Gasteiger partial charge in [0.2, 0.25) is 5.91 Å². The van der Waals surface area contributed by atoms with Gasteiger partial charge in [-0.25, -0.2) is 4.98 Å². The number of ether oxygens (including phenoxy) is 1. The molecule has 1 N–H and O–H groups in total. The lowest BCUT2D eigenvalue weighted by molar-refractivity contribution is -0.120. The summed E-state index contributed by atoms with van der Waals surface area (Å²) in [4.78, 5) is 16.2. The van der Waals surface area contributed by atoms with E-state index in [1.54, 1.807) is 0 Å². The molecule has 0 aliphatic heterocycles. The summed E-state index contributed by atoms with van der Waals surface area (Å²) in [5, 5.41) is 2.94. The Morgan fingerprint density at radius 1 is 1.10 bits per heavy atom. The lowest BCUT2D eigenvalue weighted by atomic mass is 10.1. The molecule has 0 bridgehead atoms. The molecular formula is C24H31N3O2. The Bertz CT molecular complexity index is 942. The maximum atomic E-state index is 11.4. The molecule has 154 valence electrons. The average Bonchev–Trinajstić information content (AvgIpc) is 3.05. The summed E-state index contributed by atoms with van der Waals surface area (Å²) in [5.41, 5.74) is 4.62. The van der Waals surface area contributed by atoms with Crippen LogP contribution in [0.25, 0.3) is 11.0 Å². The van der Waals surface area contributed by atoms with E-state index in [0.29, 0.717) is 19.6 Å². The summed E-state index contributed by atoms with van der Waals surface area (Å²) >= 11 is 0. The van der Waals surface area contributed by atoms with Crippen LogP contribution in [0.5, 0.6) is 5.75 Å². The number of aromatic nitrogens is 2. The Balaban J connectivity index is 1.60. The maximum Gasteiger partial charge on any atom is 0.219 e. The standard InChI is InChI=1S/C24H31N3O2/c1-4-24(28)25-12-7-11-23-26-21-9-5-6-10-22(21)27(23)13-8-14-29-20-16-18(2)15-19(3)17-20/h5-6,9-10,15-17H,4,7-8,11-14H2,1-3H3,(H,25,28). The topological polar surface area (TPSA) is 56.2 Å². The molecule has 29 heavy (non-hydrogen) atoms. The predicted molar refractivity (Wildman–Crippen MR) is 117 cm³/mol. The molecule has 5 nitrogen and oxygen atoms in total. The highest BCUT2D eigenvalue weighted by molar-refractivity contribution is 5.76. The van der Waals surface area contributed by atoms with Crippen LogP contribution in [0.15, 0.2) is 42.5 Å². The van der Waals surface area contributed by atoms with E-state index in [9.17, 15) is 4.79 Å². The monoisotopic (exact) mass is 393 g/mol. The minimum atomic E-state index is 0.0991. The third kappa shape index (κ3) is 5.83. The first-order valence-corrected chi connectivity index (χ1v) is 10.5. The number of benzene rings is 2. The summed E-state index contributed by atoms with van der Waals surface area (Å²) in [6, 6.07) is 14.6. The molecule has 0 spiro atoms. The van der Waals surface area contributed by atoms with Gasteiger partial charge in [-0.1, -0.05) is 25.1 Å². The number of nitrogens with zero attached hydrogens (tertiary/aromatic N) is 2. The van der Waals surface area contributed by atoms with Gasteiger partial charge in [0.25, 0.3) is 0 Å². The highest BCUT2D eigenvalue weighted by Crippen LogP contribution is 2.19. The number of imidazole rings is 1. The Hall–Kier alpha value is -2.82. The van der Waals surface area contributed by atoms with Crippen LogP contribution in [-0.4, -0.2) is 28.6 Å². The highest BCUT2D eigenvalue weighted by atomic mass is 16.5. The Morgan fingerprint density at radius 3 is 2.62 bits per heavy atom. The van der Waals surface area contributed by atoms with E-state index in [4.69, 9.17) is 9.72 Å². The van der Waals surface area contributed by atoms with Crippen molar-refractivity contribution in [2.45, 2.75) is 53.0 Å². The van der Waals surface area contributed by atoms with E-state index < -0.39 is 0 Å². The molecule has 0 saturated heterocycles. The molecule has 1 amide bonds. The zero-order chi connectivity index (χ0) is 20.6. The molecule has 0 radical (unpaired) electrons. The fourth-order valence-electron chi connectivity index (χ4n) is 3.59. The number of hydrogen-bond donors (Lipinski definition) is 1. The van der Waals surface area contributed by atoms with Crippen LogP contribution in [-0.2, 0) is 17.8 Å². The number of rotatable bonds is 10. The van der Waals surface area contributed by atoms with Crippen molar-refractivity contribution in [1.29, 1.82) is 0 Å². The van der Waals surface area contributed by atoms with Crippen molar-refractivity contribution in [2.75, 3.05) is 13.2 Å². The molecule has 1 aromatic heterocycles. The first-order chi connectivity index (χ1) is 14.1. The van der Waals surface area contributed by atoms with Gasteiger partial charge in [-0.05, 0) is 62.1 Å². The van der Waals surface area contributed by atoms with Gasteiger partial charge >= 0.3 is 0 Å². The second kappa shape index (κ2) is 10.1. The normalized spacial score (nSPS) is 11.0. The molecule has 1 heterocycles. The first-order valence-electron chi connectivity index (χ1n) is 10.5. The van der Waals surface area contributed by atoms with Crippen molar-refractivity contribution in [1.82, 2.24) is 14.9 Å². The molecule has 0 aliphatic rings. The maximum absolute atomic E-state index is 11.4. The minimum Gasteiger partial charge on any atom is -0.494 e. The van der Waals surface area contributed by atoms with E-state index in [1.807, 2.05) is 13.0 Å². The number of fused-ring (bicyclic) bond motifs is 1. The van der Waals surface area contributed by atoms with E-state index in [-0.39, 0.29) is 5.91 Å². The van der Waals surface area contributed by atoms with Crippen LogP contribution in [0, 0.1) is 13.8 Å². The van der Waals surface area contributed by atoms with Crippen molar-refractivity contribution in [3.8, 4) is 5.75 Å². The number of carbonyl (C=O) groups is 1. The first kappa shape index (κ1) is 20.9. The molecule has 0 unspecified atom stereocenters. The second-order valence-electron chi connectivity index (χ2n) is 7.50. The molecule has 0 fully saturated rings. The van der Waals surface area contributed by atoms with Crippen molar-refractivity contribution in [3.63, 3.8) is 0 Å². The molecular weight excluding hydrogens is 362 g/mol. The number of carbonyl (C=O) groups excluding carboxylic acids is 1. The smallest absolute Gasteiger partial charge is 0.219 e. The van der Waals surface area contributed by atoms with Crippen LogP contribution >= 0.6 is 0 Å². The second-order valence-corrected chi connectivity index (χ2v) is 7.50. The van der Waals surface area contributed by atoms with Crippen LogP contribution in [0.1, 0.15) is 43.1 Å². The van der Waals surface area contributed by atoms with Gasteiger partial charge in [0.1, 0.15) is 11.6 Å². The number of para-hydroxylation sites is 2. The zero-order valence-electron chi connectivity index (χ0n) is 17.7. The van der Waals surface area contributed by atoms with Crippen LogP contribution in [0.3, 0.4) is 0 Å².